The molecule has 4 N–H and O–H groups in total. The highest BCUT2D eigenvalue weighted by atomic mass is 16.5. The summed E-state index contributed by atoms with van der Waals surface area (Å²) in [5.41, 5.74) is 0. The first-order chi connectivity index (χ1) is 8.45. The minimum Gasteiger partial charge on any atom is -0.361 e. The van der Waals surface area contributed by atoms with Crippen LogP contribution < -0.4 is 21.3 Å². The van der Waals surface area contributed by atoms with Crippen molar-refractivity contribution in [3.63, 3.8) is 0 Å². The Labute approximate surface area is 103 Å². The fourth-order valence-corrected chi connectivity index (χ4v) is 2.01. The third-order valence-electron chi connectivity index (χ3n) is 2.95. The van der Waals surface area contributed by atoms with Gasteiger partial charge in [0.25, 0.3) is 0 Å². The molecule has 2 atom stereocenters. The SMILES string of the molecule is C(CNC1CNCCO1)CNC1CNCCO1. The zero-order chi connectivity index (χ0) is 11.8. The molecule has 0 aliphatic carbocycles. The monoisotopic (exact) mass is 244 g/mol. The molecule has 6 heteroatoms. The van der Waals surface area contributed by atoms with E-state index in [1.165, 1.54) is 0 Å². The highest BCUT2D eigenvalue weighted by Crippen LogP contribution is 1.93. The van der Waals surface area contributed by atoms with Crippen molar-refractivity contribution >= 4 is 0 Å². The fraction of sp³-hybridized carbons (Fsp3) is 1.00. The molecule has 0 spiro atoms. The Morgan fingerprint density at radius 2 is 1.41 bits per heavy atom. The fourth-order valence-electron chi connectivity index (χ4n) is 2.01. The van der Waals surface area contributed by atoms with Crippen LogP contribution in [0.15, 0.2) is 0 Å². The van der Waals surface area contributed by atoms with Crippen LogP contribution in [0.2, 0.25) is 0 Å². The van der Waals surface area contributed by atoms with Crippen molar-refractivity contribution < 1.29 is 9.47 Å². The van der Waals surface area contributed by atoms with Gasteiger partial charge in [-0.2, -0.15) is 0 Å². The third-order valence-corrected chi connectivity index (χ3v) is 2.95. The molecule has 0 aromatic heterocycles. The first-order valence-electron chi connectivity index (χ1n) is 6.56. The minimum absolute atomic E-state index is 0.177. The van der Waals surface area contributed by atoms with Gasteiger partial charge in [0.2, 0.25) is 0 Å². The van der Waals surface area contributed by atoms with Gasteiger partial charge in [-0.05, 0) is 19.5 Å². The van der Waals surface area contributed by atoms with Gasteiger partial charge in [0.05, 0.1) is 13.2 Å². The smallest absolute Gasteiger partial charge is 0.120 e. The molecular weight excluding hydrogens is 220 g/mol. The average molecular weight is 244 g/mol. The van der Waals surface area contributed by atoms with Crippen LogP contribution in [0.5, 0.6) is 0 Å². The molecule has 2 aliphatic rings. The van der Waals surface area contributed by atoms with Gasteiger partial charge in [0.1, 0.15) is 12.5 Å². The highest BCUT2D eigenvalue weighted by molar-refractivity contribution is 4.67. The molecule has 6 nitrogen and oxygen atoms in total. The average Bonchev–Trinajstić information content (AvgIpc) is 2.41. The van der Waals surface area contributed by atoms with E-state index in [0.717, 1.165) is 58.9 Å². The van der Waals surface area contributed by atoms with E-state index in [4.69, 9.17) is 9.47 Å². The summed E-state index contributed by atoms with van der Waals surface area (Å²) >= 11 is 0. The third kappa shape index (κ3) is 5.29. The van der Waals surface area contributed by atoms with Gasteiger partial charge in [0, 0.05) is 26.2 Å². The second-order valence-electron chi connectivity index (χ2n) is 4.39. The van der Waals surface area contributed by atoms with Gasteiger partial charge in [0.15, 0.2) is 0 Å². The van der Waals surface area contributed by atoms with Crippen molar-refractivity contribution in [2.75, 3.05) is 52.5 Å². The van der Waals surface area contributed by atoms with Crippen LogP contribution in [-0.2, 0) is 9.47 Å². The summed E-state index contributed by atoms with van der Waals surface area (Å²) in [6, 6.07) is 0. The zero-order valence-corrected chi connectivity index (χ0v) is 10.3. The van der Waals surface area contributed by atoms with E-state index < -0.39 is 0 Å². The van der Waals surface area contributed by atoms with Crippen LogP contribution in [0.3, 0.4) is 0 Å². The first-order valence-corrected chi connectivity index (χ1v) is 6.56. The topological polar surface area (TPSA) is 66.6 Å². The van der Waals surface area contributed by atoms with Crippen molar-refractivity contribution in [1.82, 2.24) is 21.3 Å². The summed E-state index contributed by atoms with van der Waals surface area (Å²) in [5, 5.41) is 13.3. The maximum atomic E-state index is 5.55. The lowest BCUT2D eigenvalue weighted by atomic mass is 10.3. The van der Waals surface area contributed by atoms with E-state index in [2.05, 4.69) is 21.3 Å². The molecule has 2 fully saturated rings. The van der Waals surface area contributed by atoms with E-state index in [0.29, 0.717) is 0 Å². The van der Waals surface area contributed by atoms with Crippen molar-refractivity contribution in [2.45, 2.75) is 18.9 Å². The van der Waals surface area contributed by atoms with Crippen LogP contribution in [0.25, 0.3) is 0 Å². The molecule has 2 rings (SSSR count). The second kappa shape index (κ2) is 7.97. The largest absolute Gasteiger partial charge is 0.361 e. The van der Waals surface area contributed by atoms with E-state index in [9.17, 15) is 0 Å². The Balaban J connectivity index is 1.42. The molecule has 0 amide bonds. The molecule has 2 saturated heterocycles. The molecule has 2 heterocycles. The summed E-state index contributed by atoms with van der Waals surface area (Å²) in [5.74, 6) is 0. The molecule has 0 radical (unpaired) electrons. The molecule has 17 heavy (non-hydrogen) atoms. The van der Waals surface area contributed by atoms with Crippen molar-refractivity contribution in [3.05, 3.63) is 0 Å². The Morgan fingerprint density at radius 3 is 1.82 bits per heavy atom. The Hall–Kier alpha value is -0.240. The van der Waals surface area contributed by atoms with Crippen LogP contribution >= 0.6 is 0 Å². The van der Waals surface area contributed by atoms with Gasteiger partial charge < -0.3 is 20.1 Å². The molecule has 100 valence electrons. The Morgan fingerprint density at radius 1 is 0.882 bits per heavy atom. The number of hydrogen-bond acceptors (Lipinski definition) is 6. The normalized spacial score (nSPS) is 30.4. The minimum atomic E-state index is 0.177. The van der Waals surface area contributed by atoms with Crippen molar-refractivity contribution in [2.24, 2.45) is 0 Å². The van der Waals surface area contributed by atoms with Gasteiger partial charge in [-0.25, -0.2) is 0 Å². The predicted octanol–water partition coefficient (Wildman–Crippen LogP) is -1.55. The molecule has 0 saturated carbocycles. The number of hydrogen-bond donors (Lipinski definition) is 4. The van der Waals surface area contributed by atoms with Crippen LogP contribution in [-0.4, -0.2) is 64.9 Å². The first kappa shape index (κ1) is 13.2. The summed E-state index contributed by atoms with van der Waals surface area (Å²) in [6.45, 7) is 7.29. The summed E-state index contributed by atoms with van der Waals surface area (Å²) < 4.78 is 11.1. The number of ether oxygens (including phenoxy) is 2. The van der Waals surface area contributed by atoms with Crippen molar-refractivity contribution in [3.8, 4) is 0 Å². The van der Waals surface area contributed by atoms with Crippen molar-refractivity contribution in [1.29, 1.82) is 0 Å². The van der Waals surface area contributed by atoms with E-state index in [1.807, 2.05) is 0 Å². The lowest BCUT2D eigenvalue weighted by molar-refractivity contribution is 0.00260. The van der Waals surface area contributed by atoms with E-state index in [1.54, 1.807) is 0 Å². The zero-order valence-electron chi connectivity index (χ0n) is 10.3. The number of morpholine rings is 2. The molecule has 2 unspecified atom stereocenters. The Bertz CT molecular complexity index is 174. The van der Waals surface area contributed by atoms with Crippen LogP contribution in [0, 0.1) is 0 Å². The molecular formula is C11H24N4O2. The highest BCUT2D eigenvalue weighted by Gasteiger charge is 2.13. The summed E-state index contributed by atoms with van der Waals surface area (Å²) in [7, 11) is 0. The number of nitrogens with one attached hydrogen (secondary N) is 4. The summed E-state index contributed by atoms with van der Waals surface area (Å²) in [4.78, 5) is 0. The Kier molecular flexibility index (Phi) is 6.18. The van der Waals surface area contributed by atoms with Crippen LogP contribution in [0.1, 0.15) is 6.42 Å². The molecule has 0 bridgehead atoms. The molecule has 2 aliphatic heterocycles. The second-order valence-corrected chi connectivity index (χ2v) is 4.39. The van der Waals surface area contributed by atoms with E-state index >= 15 is 0 Å². The van der Waals surface area contributed by atoms with Gasteiger partial charge in [-0.3, -0.25) is 10.6 Å². The maximum absolute atomic E-state index is 5.55. The summed E-state index contributed by atoms with van der Waals surface area (Å²) in [6.07, 6.45) is 1.44. The van der Waals surface area contributed by atoms with Gasteiger partial charge in [-0.15, -0.1) is 0 Å². The quantitative estimate of drug-likeness (QED) is 0.424. The van der Waals surface area contributed by atoms with E-state index in [-0.39, 0.29) is 12.5 Å². The molecule has 0 aromatic carbocycles. The molecule has 0 aromatic rings. The lowest BCUT2D eigenvalue weighted by Crippen LogP contribution is -2.48. The number of rotatable bonds is 6. The predicted molar refractivity (Wildman–Crippen MR) is 65.8 cm³/mol. The lowest BCUT2D eigenvalue weighted by Gasteiger charge is -2.26. The van der Waals surface area contributed by atoms with Gasteiger partial charge >= 0.3 is 0 Å². The van der Waals surface area contributed by atoms with Crippen LogP contribution in [0.4, 0.5) is 0 Å². The standard InChI is InChI=1S/C11H24N4O2/c1(2-14-10-8-12-4-6-16-10)3-15-11-9-13-5-7-17-11/h10-15H,1-9H2. The maximum Gasteiger partial charge on any atom is 0.120 e. The van der Waals surface area contributed by atoms with Gasteiger partial charge in [-0.1, -0.05) is 0 Å².